The van der Waals surface area contributed by atoms with Crippen LogP contribution in [-0.4, -0.2) is 6.10 Å². The third-order valence-corrected chi connectivity index (χ3v) is 4.01. The van der Waals surface area contributed by atoms with Gasteiger partial charge in [-0.3, -0.25) is 0 Å². The van der Waals surface area contributed by atoms with Crippen molar-refractivity contribution >= 4 is 21.6 Å². The van der Waals surface area contributed by atoms with E-state index in [-0.39, 0.29) is 11.9 Å². The molecule has 0 aromatic heterocycles. The largest absolute Gasteiger partial charge is 0.491 e. The molecule has 0 saturated carbocycles. The molecule has 4 heteroatoms. The number of nitrogens with one attached hydrogen (secondary N) is 1. The van der Waals surface area contributed by atoms with Crippen molar-refractivity contribution < 1.29 is 9.13 Å². The number of hydrogen-bond donors (Lipinski definition) is 1. The summed E-state index contributed by atoms with van der Waals surface area (Å²) in [5.41, 5.74) is 1.83. The molecule has 0 heterocycles. The molecule has 21 heavy (non-hydrogen) atoms. The lowest BCUT2D eigenvalue weighted by atomic mass is 10.2. The molecule has 0 amide bonds. The third kappa shape index (κ3) is 4.74. The van der Waals surface area contributed by atoms with Gasteiger partial charge in [-0.1, -0.05) is 28.9 Å². The highest BCUT2D eigenvalue weighted by Gasteiger charge is 2.04. The van der Waals surface area contributed by atoms with Gasteiger partial charge in [-0.15, -0.1) is 0 Å². The minimum absolute atomic E-state index is 0.192. The van der Waals surface area contributed by atoms with Gasteiger partial charge in [0.05, 0.1) is 6.10 Å². The summed E-state index contributed by atoms with van der Waals surface area (Å²) < 4.78 is 19.9. The second-order valence-corrected chi connectivity index (χ2v) is 5.81. The normalized spacial score (nSPS) is 12.0. The average Bonchev–Trinajstić information content (AvgIpc) is 2.48. The Morgan fingerprint density at radius 1 is 1.24 bits per heavy atom. The predicted molar refractivity (Wildman–Crippen MR) is 88.2 cm³/mol. The Morgan fingerprint density at radius 2 is 2.05 bits per heavy atom. The highest BCUT2D eigenvalue weighted by Crippen LogP contribution is 2.22. The Balaban J connectivity index is 2.03. The number of anilines is 1. The van der Waals surface area contributed by atoms with Crippen molar-refractivity contribution in [1.29, 1.82) is 0 Å². The molecule has 0 spiro atoms. The molecule has 2 aromatic rings. The molecule has 0 saturated heterocycles. The zero-order chi connectivity index (χ0) is 15.2. The zero-order valence-electron chi connectivity index (χ0n) is 12.2. The Kier molecular flexibility index (Phi) is 5.62. The van der Waals surface area contributed by atoms with Crippen molar-refractivity contribution in [2.75, 3.05) is 5.32 Å². The molecule has 1 unspecified atom stereocenters. The van der Waals surface area contributed by atoms with Crippen LogP contribution in [-0.2, 0) is 6.54 Å². The first kappa shape index (κ1) is 15.8. The fourth-order valence-electron chi connectivity index (χ4n) is 1.87. The molecule has 0 radical (unpaired) electrons. The van der Waals surface area contributed by atoms with Crippen molar-refractivity contribution in [2.45, 2.75) is 32.9 Å². The molecule has 2 nitrogen and oxygen atoms in total. The fraction of sp³-hybridized carbons (Fsp3) is 0.294. The van der Waals surface area contributed by atoms with E-state index in [1.807, 2.05) is 31.2 Å². The summed E-state index contributed by atoms with van der Waals surface area (Å²) in [6.45, 7) is 4.68. The van der Waals surface area contributed by atoms with Crippen molar-refractivity contribution in [3.05, 3.63) is 58.3 Å². The van der Waals surface area contributed by atoms with Crippen LogP contribution in [0.5, 0.6) is 5.75 Å². The highest BCUT2D eigenvalue weighted by atomic mass is 79.9. The summed E-state index contributed by atoms with van der Waals surface area (Å²) >= 11 is 3.43. The second kappa shape index (κ2) is 7.46. The lowest BCUT2D eigenvalue weighted by Gasteiger charge is -2.14. The summed E-state index contributed by atoms with van der Waals surface area (Å²) in [4.78, 5) is 0. The second-order valence-electron chi connectivity index (χ2n) is 4.95. The number of benzene rings is 2. The van der Waals surface area contributed by atoms with Gasteiger partial charge in [0, 0.05) is 22.8 Å². The number of hydrogen-bond acceptors (Lipinski definition) is 2. The van der Waals surface area contributed by atoms with Gasteiger partial charge in [-0.2, -0.15) is 0 Å². The Labute approximate surface area is 133 Å². The predicted octanol–water partition coefficient (Wildman–Crippen LogP) is 5.38. The summed E-state index contributed by atoms with van der Waals surface area (Å²) in [6, 6.07) is 12.5. The summed E-state index contributed by atoms with van der Waals surface area (Å²) in [7, 11) is 0. The van der Waals surface area contributed by atoms with Crippen LogP contribution in [0, 0.1) is 5.82 Å². The van der Waals surface area contributed by atoms with Crippen LogP contribution in [0.25, 0.3) is 0 Å². The van der Waals surface area contributed by atoms with Crippen LogP contribution in [0.3, 0.4) is 0 Å². The lowest BCUT2D eigenvalue weighted by molar-refractivity contribution is 0.217. The van der Waals surface area contributed by atoms with Gasteiger partial charge in [0.2, 0.25) is 0 Å². The van der Waals surface area contributed by atoms with Gasteiger partial charge in [-0.25, -0.2) is 4.39 Å². The molecule has 1 N–H and O–H groups in total. The third-order valence-electron chi connectivity index (χ3n) is 3.24. The summed E-state index contributed by atoms with van der Waals surface area (Å²) in [5, 5.41) is 3.28. The maximum atomic E-state index is 13.3. The molecular formula is C17H19BrFNO. The minimum atomic E-state index is -0.233. The average molecular weight is 352 g/mol. The topological polar surface area (TPSA) is 21.3 Å². The van der Waals surface area contributed by atoms with Crippen LogP contribution >= 0.6 is 15.9 Å². The van der Waals surface area contributed by atoms with Crippen molar-refractivity contribution in [3.8, 4) is 5.75 Å². The number of ether oxygens (including phenoxy) is 1. The van der Waals surface area contributed by atoms with E-state index in [4.69, 9.17) is 4.74 Å². The smallest absolute Gasteiger partial charge is 0.123 e. The molecule has 0 fully saturated rings. The SMILES string of the molecule is CCC(C)Oc1cccc(NCc2cc(F)ccc2Br)c1. The zero-order valence-corrected chi connectivity index (χ0v) is 13.8. The molecule has 112 valence electrons. The number of rotatable bonds is 6. The Morgan fingerprint density at radius 3 is 2.81 bits per heavy atom. The van der Waals surface area contributed by atoms with E-state index in [0.717, 1.165) is 27.9 Å². The molecule has 0 aliphatic rings. The first-order chi connectivity index (χ1) is 10.1. The van der Waals surface area contributed by atoms with Crippen LogP contribution in [0.15, 0.2) is 46.9 Å². The standard InChI is InChI=1S/C17H19BrFNO/c1-3-12(2)21-16-6-4-5-15(10-16)20-11-13-9-14(19)7-8-17(13)18/h4-10,12,20H,3,11H2,1-2H3. The van der Waals surface area contributed by atoms with Gasteiger partial charge in [0.1, 0.15) is 11.6 Å². The van der Waals surface area contributed by atoms with Gasteiger partial charge in [-0.05, 0) is 49.2 Å². The summed E-state index contributed by atoms with van der Waals surface area (Å²) in [5.74, 6) is 0.608. The monoisotopic (exact) mass is 351 g/mol. The van der Waals surface area contributed by atoms with E-state index in [1.54, 1.807) is 6.07 Å². The molecule has 2 rings (SSSR count). The molecule has 1 atom stereocenters. The molecule has 0 aliphatic carbocycles. The Bertz CT molecular complexity index is 603. The van der Waals surface area contributed by atoms with Gasteiger partial charge < -0.3 is 10.1 Å². The van der Waals surface area contributed by atoms with Crippen LogP contribution in [0.2, 0.25) is 0 Å². The van der Waals surface area contributed by atoms with Crippen molar-refractivity contribution in [3.63, 3.8) is 0 Å². The number of halogens is 2. The summed E-state index contributed by atoms with van der Waals surface area (Å²) in [6.07, 6.45) is 1.16. The maximum absolute atomic E-state index is 13.3. The van der Waals surface area contributed by atoms with Crippen LogP contribution in [0.1, 0.15) is 25.8 Å². The Hall–Kier alpha value is -1.55. The van der Waals surface area contributed by atoms with E-state index < -0.39 is 0 Å². The highest BCUT2D eigenvalue weighted by molar-refractivity contribution is 9.10. The maximum Gasteiger partial charge on any atom is 0.123 e. The van der Waals surface area contributed by atoms with E-state index in [9.17, 15) is 4.39 Å². The van der Waals surface area contributed by atoms with E-state index in [0.29, 0.717) is 6.54 Å². The lowest BCUT2D eigenvalue weighted by Crippen LogP contribution is -2.09. The first-order valence-corrected chi connectivity index (χ1v) is 7.82. The minimum Gasteiger partial charge on any atom is -0.491 e. The van der Waals surface area contributed by atoms with Crippen molar-refractivity contribution in [1.82, 2.24) is 0 Å². The molecule has 0 bridgehead atoms. The van der Waals surface area contributed by atoms with Crippen molar-refractivity contribution in [2.24, 2.45) is 0 Å². The van der Waals surface area contributed by atoms with E-state index >= 15 is 0 Å². The van der Waals surface area contributed by atoms with E-state index in [1.165, 1.54) is 12.1 Å². The molecular weight excluding hydrogens is 333 g/mol. The first-order valence-electron chi connectivity index (χ1n) is 7.03. The van der Waals surface area contributed by atoms with Gasteiger partial charge in [0.15, 0.2) is 0 Å². The fourth-order valence-corrected chi connectivity index (χ4v) is 2.26. The van der Waals surface area contributed by atoms with Crippen LogP contribution in [0.4, 0.5) is 10.1 Å². The quantitative estimate of drug-likeness (QED) is 0.754. The van der Waals surface area contributed by atoms with Gasteiger partial charge >= 0.3 is 0 Å². The molecule has 2 aromatic carbocycles. The van der Waals surface area contributed by atoms with Crippen LogP contribution < -0.4 is 10.1 Å². The van der Waals surface area contributed by atoms with Gasteiger partial charge in [0.25, 0.3) is 0 Å². The van der Waals surface area contributed by atoms with E-state index in [2.05, 4.69) is 28.2 Å². The molecule has 0 aliphatic heterocycles.